The molecule has 0 saturated carbocycles. The molecular formula is C13H15NO3. The summed E-state index contributed by atoms with van der Waals surface area (Å²) < 4.78 is 0. The lowest BCUT2D eigenvalue weighted by molar-refractivity contribution is -0.139. The van der Waals surface area contributed by atoms with Gasteiger partial charge in [0, 0.05) is 12.0 Å². The summed E-state index contributed by atoms with van der Waals surface area (Å²) in [4.78, 5) is 22.5. The molecule has 0 aliphatic carbocycles. The zero-order valence-corrected chi connectivity index (χ0v) is 9.59. The van der Waals surface area contributed by atoms with Crippen molar-refractivity contribution in [3.05, 3.63) is 35.9 Å². The Morgan fingerprint density at radius 1 is 1.29 bits per heavy atom. The van der Waals surface area contributed by atoms with Crippen molar-refractivity contribution in [3.63, 3.8) is 0 Å². The summed E-state index contributed by atoms with van der Waals surface area (Å²) in [5.74, 6) is -1.11. The van der Waals surface area contributed by atoms with Gasteiger partial charge in [0.15, 0.2) is 0 Å². The molecule has 1 saturated heterocycles. The van der Waals surface area contributed by atoms with Crippen molar-refractivity contribution in [1.29, 1.82) is 0 Å². The fourth-order valence-electron chi connectivity index (χ4n) is 2.35. The summed E-state index contributed by atoms with van der Waals surface area (Å²) in [5, 5.41) is 12.0. The largest absolute Gasteiger partial charge is 0.480 e. The van der Waals surface area contributed by atoms with E-state index >= 15 is 0 Å². The Bertz CT molecular complexity index is 430. The second-order valence-electron chi connectivity index (χ2n) is 4.40. The number of nitrogens with one attached hydrogen (secondary N) is 1. The van der Waals surface area contributed by atoms with Gasteiger partial charge in [-0.3, -0.25) is 14.9 Å². The molecule has 1 heterocycles. The minimum Gasteiger partial charge on any atom is -0.480 e. The van der Waals surface area contributed by atoms with Crippen LogP contribution in [0.2, 0.25) is 0 Å². The molecule has 3 unspecified atom stereocenters. The van der Waals surface area contributed by atoms with Crippen LogP contribution >= 0.6 is 0 Å². The number of carbonyl (C=O) groups excluding carboxylic acids is 1. The van der Waals surface area contributed by atoms with Crippen molar-refractivity contribution in [1.82, 2.24) is 5.32 Å². The summed E-state index contributed by atoms with van der Waals surface area (Å²) >= 11 is 0. The van der Waals surface area contributed by atoms with Crippen LogP contribution < -0.4 is 5.32 Å². The minimum absolute atomic E-state index is 0.0371. The highest BCUT2D eigenvalue weighted by Gasteiger charge is 2.40. The maximum Gasteiger partial charge on any atom is 0.320 e. The number of ketones is 1. The average molecular weight is 233 g/mol. The minimum atomic E-state index is -0.894. The highest BCUT2D eigenvalue weighted by molar-refractivity contribution is 5.82. The molecule has 4 nitrogen and oxygen atoms in total. The van der Waals surface area contributed by atoms with Gasteiger partial charge in [0.1, 0.15) is 11.8 Å². The number of Topliss-reactive ketones (excluding diaryl/α,β-unsaturated/α-hetero) is 1. The fraction of sp³-hybridized carbons (Fsp3) is 0.385. The van der Waals surface area contributed by atoms with Gasteiger partial charge in [0.2, 0.25) is 0 Å². The third-order valence-corrected chi connectivity index (χ3v) is 3.25. The Labute approximate surface area is 99.6 Å². The molecule has 0 bridgehead atoms. The van der Waals surface area contributed by atoms with Gasteiger partial charge in [0.25, 0.3) is 0 Å². The summed E-state index contributed by atoms with van der Waals surface area (Å²) in [7, 11) is 0. The molecule has 0 spiro atoms. The second kappa shape index (κ2) is 4.67. The molecule has 17 heavy (non-hydrogen) atoms. The second-order valence-corrected chi connectivity index (χ2v) is 4.40. The van der Waals surface area contributed by atoms with E-state index in [2.05, 4.69) is 5.32 Å². The van der Waals surface area contributed by atoms with Crippen LogP contribution in [0.15, 0.2) is 30.3 Å². The predicted octanol–water partition coefficient (Wildman–Crippen LogP) is 1.38. The van der Waals surface area contributed by atoms with Gasteiger partial charge in [-0.1, -0.05) is 30.3 Å². The van der Waals surface area contributed by atoms with Gasteiger partial charge in [-0.25, -0.2) is 0 Å². The molecule has 0 amide bonds. The van der Waals surface area contributed by atoms with Gasteiger partial charge in [-0.15, -0.1) is 0 Å². The Kier molecular flexibility index (Phi) is 3.24. The molecule has 0 radical (unpaired) electrons. The molecule has 0 aromatic heterocycles. The first-order valence-electron chi connectivity index (χ1n) is 5.64. The fourth-order valence-corrected chi connectivity index (χ4v) is 2.35. The number of carbonyl (C=O) groups is 2. The van der Waals surface area contributed by atoms with Crippen LogP contribution in [0.3, 0.4) is 0 Å². The molecular weight excluding hydrogens is 218 g/mol. The van der Waals surface area contributed by atoms with Gasteiger partial charge in [-0.2, -0.15) is 0 Å². The third kappa shape index (κ3) is 2.36. The lowest BCUT2D eigenvalue weighted by Gasteiger charge is -2.17. The quantitative estimate of drug-likeness (QED) is 0.827. The van der Waals surface area contributed by atoms with E-state index in [9.17, 15) is 9.59 Å². The van der Waals surface area contributed by atoms with Gasteiger partial charge in [0.05, 0.1) is 0 Å². The van der Waals surface area contributed by atoms with Crippen molar-refractivity contribution >= 4 is 11.8 Å². The lowest BCUT2D eigenvalue weighted by atomic mass is 9.90. The van der Waals surface area contributed by atoms with E-state index in [0.29, 0.717) is 6.42 Å². The number of carboxylic acids is 1. The van der Waals surface area contributed by atoms with Crippen molar-refractivity contribution in [2.45, 2.75) is 25.4 Å². The number of hydrogen-bond donors (Lipinski definition) is 2. The normalized spacial score (nSPS) is 27.9. The van der Waals surface area contributed by atoms with Crippen molar-refractivity contribution in [2.75, 3.05) is 0 Å². The molecule has 1 fully saturated rings. The standard InChI is InChI=1S/C13H15NO3/c1-8(15)10-7-11(13(16)17)14-12(10)9-5-3-2-4-6-9/h2-6,10-12,14H,7H2,1H3,(H,16,17). The maximum atomic E-state index is 11.6. The van der Waals surface area contributed by atoms with E-state index in [4.69, 9.17) is 5.11 Å². The Morgan fingerprint density at radius 3 is 2.47 bits per heavy atom. The van der Waals surface area contributed by atoms with Gasteiger partial charge < -0.3 is 5.11 Å². The first-order chi connectivity index (χ1) is 8.09. The smallest absolute Gasteiger partial charge is 0.320 e. The van der Waals surface area contributed by atoms with E-state index in [-0.39, 0.29) is 17.7 Å². The molecule has 4 heteroatoms. The van der Waals surface area contributed by atoms with E-state index in [1.165, 1.54) is 6.92 Å². The summed E-state index contributed by atoms with van der Waals surface area (Å²) in [6.45, 7) is 1.52. The van der Waals surface area contributed by atoms with E-state index in [1.54, 1.807) is 0 Å². The van der Waals surface area contributed by atoms with E-state index < -0.39 is 12.0 Å². The number of benzene rings is 1. The van der Waals surface area contributed by atoms with Crippen LogP contribution in [0.4, 0.5) is 0 Å². The van der Waals surface area contributed by atoms with Crippen molar-refractivity contribution < 1.29 is 14.7 Å². The van der Waals surface area contributed by atoms with Crippen LogP contribution in [0, 0.1) is 5.92 Å². The van der Waals surface area contributed by atoms with E-state index in [1.807, 2.05) is 30.3 Å². The zero-order valence-electron chi connectivity index (χ0n) is 9.59. The number of carboxylic acid groups (broad SMARTS) is 1. The molecule has 3 atom stereocenters. The summed E-state index contributed by atoms with van der Waals surface area (Å²) in [6, 6.07) is 8.69. The monoisotopic (exact) mass is 233 g/mol. The SMILES string of the molecule is CC(=O)C1CC(C(=O)O)NC1c1ccccc1. The van der Waals surface area contributed by atoms with Gasteiger partial charge >= 0.3 is 5.97 Å². The van der Waals surface area contributed by atoms with Crippen molar-refractivity contribution in [3.8, 4) is 0 Å². The first kappa shape index (κ1) is 11.8. The molecule has 90 valence electrons. The Hall–Kier alpha value is -1.68. The highest BCUT2D eigenvalue weighted by atomic mass is 16.4. The molecule has 2 N–H and O–H groups in total. The van der Waals surface area contributed by atoms with Crippen LogP contribution in [0.5, 0.6) is 0 Å². The topological polar surface area (TPSA) is 66.4 Å². The molecule has 1 aromatic carbocycles. The summed E-state index contributed by atoms with van der Waals surface area (Å²) in [6.07, 6.45) is 0.365. The predicted molar refractivity (Wildman–Crippen MR) is 62.5 cm³/mol. The molecule has 1 aromatic rings. The third-order valence-electron chi connectivity index (χ3n) is 3.25. The number of aliphatic carboxylic acids is 1. The van der Waals surface area contributed by atoms with Crippen LogP contribution in [0.25, 0.3) is 0 Å². The molecule has 1 aliphatic heterocycles. The first-order valence-corrected chi connectivity index (χ1v) is 5.64. The van der Waals surface area contributed by atoms with Gasteiger partial charge in [-0.05, 0) is 18.9 Å². The highest BCUT2D eigenvalue weighted by Crippen LogP contribution is 2.33. The van der Waals surface area contributed by atoms with Crippen molar-refractivity contribution in [2.24, 2.45) is 5.92 Å². The molecule has 2 rings (SSSR count). The zero-order chi connectivity index (χ0) is 12.4. The maximum absolute atomic E-state index is 11.6. The Morgan fingerprint density at radius 2 is 1.94 bits per heavy atom. The summed E-state index contributed by atoms with van der Waals surface area (Å²) in [5.41, 5.74) is 0.969. The van der Waals surface area contributed by atoms with Crippen LogP contribution in [-0.2, 0) is 9.59 Å². The van der Waals surface area contributed by atoms with Crippen LogP contribution in [0.1, 0.15) is 24.9 Å². The number of rotatable bonds is 3. The molecule has 1 aliphatic rings. The van der Waals surface area contributed by atoms with Crippen LogP contribution in [-0.4, -0.2) is 22.9 Å². The average Bonchev–Trinajstić information content (AvgIpc) is 2.75. The Balaban J connectivity index is 2.26. The van der Waals surface area contributed by atoms with E-state index in [0.717, 1.165) is 5.56 Å². The lowest BCUT2D eigenvalue weighted by Crippen LogP contribution is -2.32. The number of hydrogen-bond acceptors (Lipinski definition) is 3.